The fourth-order valence-corrected chi connectivity index (χ4v) is 0. The molecule has 6 nitrogen and oxygen atoms in total. The molecule has 0 atom stereocenters. The molecule has 0 heterocycles. The summed E-state index contributed by atoms with van der Waals surface area (Å²) in [6.07, 6.45) is 0. The summed E-state index contributed by atoms with van der Waals surface area (Å²) >= 11 is 0. The van der Waals surface area contributed by atoms with Gasteiger partial charge in [-0.3, -0.25) is 0 Å². The van der Waals surface area contributed by atoms with Crippen LogP contribution in [0.15, 0.2) is 0 Å². The van der Waals surface area contributed by atoms with E-state index in [0.29, 0.717) is 0 Å². The van der Waals surface area contributed by atoms with Gasteiger partial charge in [0.2, 0.25) is 0 Å². The van der Waals surface area contributed by atoms with E-state index in [1.807, 2.05) is 0 Å². The molecule has 1 radical (unpaired) electrons. The summed E-state index contributed by atoms with van der Waals surface area (Å²) in [6, 6.07) is 0. The summed E-state index contributed by atoms with van der Waals surface area (Å²) in [5.41, 5.74) is -11.3. The van der Waals surface area contributed by atoms with E-state index in [-0.39, 0.29) is 20.4 Å². The van der Waals surface area contributed by atoms with Gasteiger partial charge >= 0.3 is 11.0 Å². The summed E-state index contributed by atoms with van der Waals surface area (Å²) < 4.78 is 118. The van der Waals surface area contributed by atoms with E-state index >= 15 is 0 Å². The van der Waals surface area contributed by atoms with Gasteiger partial charge in [-0.05, 0) is 0 Å². The summed E-state index contributed by atoms with van der Waals surface area (Å²) in [7, 11) is -12.2. The zero-order valence-corrected chi connectivity index (χ0v) is 11.3. The van der Waals surface area contributed by atoms with Gasteiger partial charge in [-0.2, -0.15) is 26.3 Å². The maximum Gasteiger partial charge on any atom is 0.485 e. The molecule has 0 unspecified atom stereocenters. The third kappa shape index (κ3) is 9.74. The van der Waals surface area contributed by atoms with Crippen molar-refractivity contribution < 1.29 is 72.7 Å². The topological polar surface area (TPSA) is 114 Å². The van der Waals surface area contributed by atoms with Crippen molar-refractivity contribution in [1.82, 2.24) is 0 Å². The number of hydrogen-bond acceptors (Lipinski definition) is 6. The van der Waals surface area contributed by atoms with Crippen LogP contribution in [0.2, 0.25) is 0 Å². The first kappa shape index (κ1) is 22.3. The zero-order chi connectivity index (χ0) is 14.0. The van der Waals surface area contributed by atoms with Crippen molar-refractivity contribution >= 4 is 20.2 Å². The average Bonchev–Trinajstić information content (AvgIpc) is 1.77. The Kier molecular flexibility index (Phi) is 8.24. The van der Waals surface area contributed by atoms with Gasteiger partial charge < -0.3 is 9.11 Å². The van der Waals surface area contributed by atoms with E-state index in [2.05, 4.69) is 0 Å². The molecule has 107 valence electrons. The van der Waals surface area contributed by atoms with Crippen molar-refractivity contribution in [3.05, 3.63) is 0 Å². The van der Waals surface area contributed by atoms with E-state index in [1.54, 1.807) is 0 Å². The largest absolute Gasteiger partial charge is 0.741 e. The quantitative estimate of drug-likeness (QED) is 0.274. The molecule has 0 aliphatic rings. The predicted octanol–water partition coefficient (Wildman–Crippen LogP) is 0.100. The van der Waals surface area contributed by atoms with Crippen LogP contribution in [0.3, 0.4) is 0 Å². The Morgan fingerprint density at radius 3 is 0.706 bits per heavy atom. The van der Waals surface area contributed by atoms with Gasteiger partial charge in [-0.1, -0.05) is 0 Å². The Morgan fingerprint density at radius 2 is 0.706 bits per heavy atom. The molecule has 15 heteroatoms. The first-order valence-electron chi connectivity index (χ1n) is 2.54. The Labute approximate surface area is 104 Å². The molecule has 0 N–H and O–H groups in total. The Morgan fingerprint density at radius 1 is 0.647 bits per heavy atom. The van der Waals surface area contributed by atoms with Crippen molar-refractivity contribution in [1.29, 1.82) is 0 Å². The maximum absolute atomic E-state index is 10.7. The Hall–Kier alpha value is 0.0623. The second-order valence-corrected chi connectivity index (χ2v) is 4.54. The molecule has 0 aromatic carbocycles. The standard InChI is InChI=1S/2CHF3O3S.Re/c2*2-1(3,4)8(5,6)7;/h2*(H,5,6,7);/p-2. The zero-order valence-electron chi connectivity index (χ0n) is 6.91. The minimum atomic E-state index is -6.09. The fraction of sp³-hybridized carbons (Fsp3) is 1.00. The van der Waals surface area contributed by atoms with Gasteiger partial charge in [0.1, 0.15) is 0 Å². The van der Waals surface area contributed by atoms with Crippen LogP contribution in [0.25, 0.3) is 0 Å². The molecule has 0 aromatic rings. The molecule has 0 aliphatic heterocycles. The van der Waals surface area contributed by atoms with Crippen LogP contribution in [-0.2, 0) is 40.7 Å². The van der Waals surface area contributed by atoms with E-state index in [9.17, 15) is 26.3 Å². The second kappa shape index (κ2) is 6.29. The molecule has 0 bridgehead atoms. The van der Waals surface area contributed by atoms with Crippen LogP contribution in [-0.4, -0.2) is 37.0 Å². The van der Waals surface area contributed by atoms with Crippen molar-refractivity contribution in [2.75, 3.05) is 0 Å². The van der Waals surface area contributed by atoms with Gasteiger partial charge in [0.15, 0.2) is 20.2 Å². The Balaban J connectivity index is -0.000000218. The number of rotatable bonds is 0. The first-order chi connectivity index (χ1) is 6.50. The third-order valence-corrected chi connectivity index (χ3v) is 1.70. The SMILES string of the molecule is O=S(=O)([O-])C(F)(F)F.O=S(=O)([O-])C(F)(F)F.[Re]. The van der Waals surface area contributed by atoms with Crippen LogP contribution >= 0.6 is 0 Å². The van der Waals surface area contributed by atoms with Crippen LogP contribution in [0, 0.1) is 0 Å². The van der Waals surface area contributed by atoms with Gasteiger partial charge in [-0.25, -0.2) is 16.8 Å². The molecule has 0 amide bonds. The van der Waals surface area contributed by atoms with Gasteiger partial charge in [0.25, 0.3) is 0 Å². The first-order valence-corrected chi connectivity index (χ1v) is 5.36. The van der Waals surface area contributed by atoms with Crippen LogP contribution in [0.1, 0.15) is 0 Å². The fourth-order valence-electron chi connectivity index (χ4n) is 0. The summed E-state index contributed by atoms with van der Waals surface area (Å²) in [6.45, 7) is 0. The molecule has 0 saturated carbocycles. The van der Waals surface area contributed by atoms with Crippen LogP contribution in [0.5, 0.6) is 0 Å². The number of alkyl halides is 6. The normalized spacial score (nSPS) is 13.2. The molecular weight excluding hydrogens is 484 g/mol. The molecular formula is C2F6O6ReS2-2. The molecule has 0 aliphatic carbocycles. The van der Waals surface area contributed by atoms with E-state index in [4.69, 9.17) is 25.9 Å². The van der Waals surface area contributed by atoms with Crippen molar-refractivity contribution in [3.63, 3.8) is 0 Å². The maximum atomic E-state index is 10.7. The average molecular weight is 484 g/mol. The van der Waals surface area contributed by atoms with E-state index < -0.39 is 31.3 Å². The molecule has 0 fully saturated rings. The van der Waals surface area contributed by atoms with E-state index in [0.717, 1.165) is 0 Å². The van der Waals surface area contributed by atoms with Crippen molar-refractivity contribution in [3.8, 4) is 0 Å². The number of halogens is 6. The predicted molar refractivity (Wildman–Crippen MR) is 31.5 cm³/mol. The third-order valence-electron chi connectivity index (χ3n) is 0.567. The molecule has 0 aromatic heterocycles. The summed E-state index contributed by atoms with van der Waals surface area (Å²) in [4.78, 5) is 0. The smallest absolute Gasteiger partial charge is 0.485 e. The minimum Gasteiger partial charge on any atom is -0.741 e. The van der Waals surface area contributed by atoms with Gasteiger partial charge in [-0.15, -0.1) is 0 Å². The number of hydrogen-bond donors (Lipinski definition) is 0. The molecule has 0 rings (SSSR count). The van der Waals surface area contributed by atoms with Crippen molar-refractivity contribution in [2.45, 2.75) is 11.0 Å². The minimum absolute atomic E-state index is 0. The van der Waals surface area contributed by atoms with Crippen LogP contribution < -0.4 is 0 Å². The summed E-state index contributed by atoms with van der Waals surface area (Å²) in [5, 5.41) is 0. The summed E-state index contributed by atoms with van der Waals surface area (Å²) in [5.74, 6) is 0. The monoisotopic (exact) mass is 485 g/mol. The molecule has 17 heavy (non-hydrogen) atoms. The second-order valence-electron chi connectivity index (χ2n) is 1.80. The van der Waals surface area contributed by atoms with Crippen LogP contribution in [0.4, 0.5) is 26.3 Å². The van der Waals surface area contributed by atoms with E-state index in [1.165, 1.54) is 0 Å². The van der Waals surface area contributed by atoms with Gasteiger partial charge in [0.05, 0.1) is 0 Å². The molecule has 0 spiro atoms. The molecule has 0 saturated heterocycles. The van der Waals surface area contributed by atoms with Crippen molar-refractivity contribution in [2.24, 2.45) is 0 Å². The van der Waals surface area contributed by atoms with Gasteiger partial charge in [0, 0.05) is 20.4 Å². The Bertz CT molecular complexity index is 374.